The molecule has 5 heterocycles. The monoisotopic (exact) mass is 920 g/mol. The maximum atomic E-state index is 5.64. The quantitative estimate of drug-likeness (QED) is 0.184. The van der Waals surface area contributed by atoms with E-state index in [1.807, 2.05) is 34.0 Å². The normalized spacial score (nSPS) is 13.5. The number of amidine groups is 2. The van der Waals surface area contributed by atoms with Crippen molar-refractivity contribution in [1.29, 1.82) is 0 Å². The van der Waals surface area contributed by atoms with Gasteiger partial charge in [-0.25, -0.2) is 9.98 Å². The van der Waals surface area contributed by atoms with E-state index in [4.69, 9.17) is 9.98 Å². The highest BCUT2D eigenvalue weighted by molar-refractivity contribution is 7.27. The Morgan fingerprint density at radius 1 is 0.368 bits per heavy atom. The molecular formula is C61H36N4S3. The predicted octanol–water partition coefficient (Wildman–Crippen LogP) is 17.2. The fourth-order valence-corrected chi connectivity index (χ4v) is 14.3. The Morgan fingerprint density at radius 2 is 0.897 bits per heavy atom. The Bertz CT molecular complexity index is 4370. The second kappa shape index (κ2) is 14.8. The number of benzene rings is 10. The molecule has 4 aromatic heterocycles. The summed E-state index contributed by atoms with van der Waals surface area (Å²) in [6.07, 6.45) is -0.543. The van der Waals surface area contributed by atoms with Gasteiger partial charge in [0.05, 0.1) is 16.7 Å². The lowest BCUT2D eigenvalue weighted by atomic mass is 9.97. The number of aliphatic imine (C=N–C) groups is 2. The molecule has 10 aromatic carbocycles. The van der Waals surface area contributed by atoms with Gasteiger partial charge in [0.1, 0.15) is 11.7 Å². The summed E-state index contributed by atoms with van der Waals surface area (Å²) in [5.41, 5.74) is 8.97. The SMILES string of the molecule is c1ccc2cc3c(cc2c1)c1ccccc1n3-c1ccc(C2N=C(c3cccc4sc5ccccc5c34)NC(c3cccc4sc5ccccc5c34)=N2)cc1-c1cccc2c1sc1ccccc12. The first-order valence-electron chi connectivity index (χ1n) is 22.9. The van der Waals surface area contributed by atoms with Gasteiger partial charge in [-0.1, -0.05) is 146 Å². The number of thiophene rings is 3. The van der Waals surface area contributed by atoms with E-state index < -0.39 is 6.17 Å². The van der Waals surface area contributed by atoms with E-state index in [2.05, 4.69) is 216 Å². The van der Waals surface area contributed by atoms with Crippen LogP contribution in [0.1, 0.15) is 22.9 Å². The fourth-order valence-electron chi connectivity index (χ4n) is 10.8. The molecule has 0 aliphatic carbocycles. The zero-order valence-electron chi connectivity index (χ0n) is 36.3. The molecule has 68 heavy (non-hydrogen) atoms. The lowest BCUT2D eigenvalue weighted by Gasteiger charge is -2.24. The number of fused-ring (bicyclic) bond motifs is 13. The van der Waals surface area contributed by atoms with Crippen LogP contribution in [0.15, 0.2) is 216 Å². The van der Waals surface area contributed by atoms with Gasteiger partial charge < -0.3 is 9.88 Å². The molecule has 0 saturated carbocycles. The number of rotatable bonds is 5. The molecule has 0 radical (unpaired) electrons. The maximum Gasteiger partial charge on any atom is 0.169 e. The second-order valence-corrected chi connectivity index (χ2v) is 20.9. The van der Waals surface area contributed by atoms with E-state index in [9.17, 15) is 0 Å². The summed E-state index contributed by atoms with van der Waals surface area (Å²) in [7, 11) is 0. The van der Waals surface area contributed by atoms with Crippen LogP contribution in [0.4, 0.5) is 0 Å². The van der Waals surface area contributed by atoms with E-state index in [-0.39, 0.29) is 0 Å². The van der Waals surface area contributed by atoms with E-state index in [1.165, 1.54) is 98.7 Å². The average Bonchev–Trinajstić information content (AvgIpc) is 4.17. The molecule has 7 heteroatoms. The van der Waals surface area contributed by atoms with Gasteiger partial charge in [0.2, 0.25) is 0 Å². The molecule has 1 aliphatic heterocycles. The molecule has 0 atom stereocenters. The van der Waals surface area contributed by atoms with Crippen LogP contribution in [-0.4, -0.2) is 16.2 Å². The molecule has 0 bridgehead atoms. The van der Waals surface area contributed by atoms with Gasteiger partial charge in [0.15, 0.2) is 6.17 Å². The second-order valence-electron chi connectivity index (χ2n) is 17.6. The molecule has 14 aromatic rings. The number of aromatic nitrogens is 1. The third-order valence-electron chi connectivity index (χ3n) is 13.8. The molecule has 0 fully saturated rings. The minimum atomic E-state index is -0.543. The van der Waals surface area contributed by atoms with Crippen LogP contribution in [-0.2, 0) is 0 Å². The largest absolute Gasteiger partial charge is 0.324 e. The Kier molecular flexibility index (Phi) is 8.30. The van der Waals surface area contributed by atoms with Crippen LogP contribution in [0.2, 0.25) is 0 Å². The van der Waals surface area contributed by atoms with Crippen LogP contribution < -0.4 is 5.32 Å². The van der Waals surface area contributed by atoms with Crippen LogP contribution >= 0.6 is 34.0 Å². The molecule has 15 rings (SSSR count). The number of nitrogens with one attached hydrogen (secondary N) is 1. The lowest BCUT2D eigenvalue weighted by Crippen LogP contribution is -2.36. The summed E-state index contributed by atoms with van der Waals surface area (Å²) in [5, 5.41) is 16.2. The van der Waals surface area contributed by atoms with Gasteiger partial charge in [-0.3, -0.25) is 0 Å². The Hall–Kier alpha value is -7.94. The van der Waals surface area contributed by atoms with Gasteiger partial charge in [-0.15, -0.1) is 34.0 Å². The number of nitrogens with zero attached hydrogens (tertiary/aromatic N) is 3. The van der Waals surface area contributed by atoms with Crippen molar-refractivity contribution >= 4 is 139 Å². The van der Waals surface area contributed by atoms with Crippen LogP contribution in [0.25, 0.3) is 110 Å². The minimum Gasteiger partial charge on any atom is -0.324 e. The summed E-state index contributed by atoms with van der Waals surface area (Å²) in [4.78, 5) is 11.3. The maximum absolute atomic E-state index is 5.64. The molecule has 1 aliphatic rings. The number of hydrogen-bond donors (Lipinski definition) is 1. The summed E-state index contributed by atoms with van der Waals surface area (Å²) in [6, 6.07) is 75.5. The molecule has 0 amide bonds. The van der Waals surface area contributed by atoms with Gasteiger partial charge in [0, 0.05) is 93.5 Å². The highest BCUT2D eigenvalue weighted by Gasteiger charge is 2.27. The molecule has 0 unspecified atom stereocenters. The highest BCUT2D eigenvalue weighted by atomic mass is 32.1. The average molecular weight is 921 g/mol. The van der Waals surface area contributed by atoms with Crippen molar-refractivity contribution in [2.24, 2.45) is 9.98 Å². The minimum absolute atomic E-state index is 0.543. The molecule has 1 N–H and O–H groups in total. The topological polar surface area (TPSA) is 41.7 Å². The Balaban J connectivity index is 1.02. The lowest BCUT2D eigenvalue weighted by molar-refractivity contribution is 0.756. The number of para-hydroxylation sites is 1. The first kappa shape index (κ1) is 38.2. The van der Waals surface area contributed by atoms with E-state index >= 15 is 0 Å². The Morgan fingerprint density at radius 3 is 1.59 bits per heavy atom. The fraction of sp³-hybridized carbons (Fsp3) is 0.0164. The van der Waals surface area contributed by atoms with Crippen molar-refractivity contribution in [1.82, 2.24) is 9.88 Å². The molecule has 0 spiro atoms. The van der Waals surface area contributed by atoms with Gasteiger partial charge in [0.25, 0.3) is 0 Å². The third-order valence-corrected chi connectivity index (χ3v) is 17.3. The van der Waals surface area contributed by atoms with Crippen LogP contribution in [0.3, 0.4) is 0 Å². The summed E-state index contributed by atoms with van der Waals surface area (Å²) in [5.74, 6) is 1.63. The van der Waals surface area contributed by atoms with Crippen LogP contribution in [0.5, 0.6) is 0 Å². The van der Waals surface area contributed by atoms with Gasteiger partial charge in [-0.2, -0.15) is 0 Å². The highest BCUT2D eigenvalue weighted by Crippen LogP contribution is 2.46. The molecule has 318 valence electrons. The summed E-state index contributed by atoms with van der Waals surface area (Å²) < 4.78 is 10.0. The van der Waals surface area contributed by atoms with Crippen molar-refractivity contribution in [3.63, 3.8) is 0 Å². The van der Waals surface area contributed by atoms with Crippen molar-refractivity contribution in [3.05, 3.63) is 223 Å². The van der Waals surface area contributed by atoms with Crippen molar-refractivity contribution in [2.45, 2.75) is 6.17 Å². The smallest absolute Gasteiger partial charge is 0.169 e. The zero-order valence-corrected chi connectivity index (χ0v) is 38.7. The first-order chi connectivity index (χ1) is 33.7. The Labute approximate surface area is 402 Å². The van der Waals surface area contributed by atoms with Crippen molar-refractivity contribution in [3.8, 4) is 16.8 Å². The van der Waals surface area contributed by atoms with E-state index in [0.717, 1.165) is 39.6 Å². The third kappa shape index (κ3) is 5.70. The van der Waals surface area contributed by atoms with Gasteiger partial charge >= 0.3 is 0 Å². The van der Waals surface area contributed by atoms with Gasteiger partial charge in [-0.05, 0) is 77.0 Å². The predicted molar refractivity (Wildman–Crippen MR) is 294 cm³/mol. The van der Waals surface area contributed by atoms with Crippen molar-refractivity contribution < 1.29 is 0 Å². The summed E-state index contributed by atoms with van der Waals surface area (Å²) in [6.45, 7) is 0. The number of hydrogen-bond acceptors (Lipinski definition) is 6. The standard InChI is InChI=1S/C61H36N4S3/c1-2-15-36-34-50-46(32-35(36)14-1)38-16-3-7-24-48(38)65(50)49-31-30-37(33-47(49)41-21-11-20-40-39-17-4-8-25-51(39)68-58(40)41)59-62-60(44-22-12-28-54-56(44)42-18-5-9-26-52(42)66-54)64-61(63-59)45-23-13-29-55-57(45)43-19-6-10-27-53(43)67-55/h1-34,59H,(H,62,63,64). The van der Waals surface area contributed by atoms with E-state index in [1.54, 1.807) is 0 Å². The van der Waals surface area contributed by atoms with E-state index in [0.29, 0.717) is 0 Å². The first-order valence-corrected chi connectivity index (χ1v) is 25.4. The van der Waals surface area contributed by atoms with Crippen molar-refractivity contribution in [2.75, 3.05) is 0 Å². The zero-order chi connectivity index (χ0) is 44.5. The molecule has 4 nitrogen and oxygen atoms in total. The van der Waals surface area contributed by atoms with Crippen LogP contribution in [0, 0.1) is 0 Å². The molecular weight excluding hydrogens is 885 g/mol. The summed E-state index contributed by atoms with van der Waals surface area (Å²) >= 11 is 5.53. The molecule has 0 saturated heterocycles.